The van der Waals surface area contributed by atoms with Crippen molar-refractivity contribution in [1.82, 2.24) is 0 Å². The summed E-state index contributed by atoms with van der Waals surface area (Å²) in [6, 6.07) is 8.02. The minimum Gasteiger partial charge on any atom is -0.507 e. The molecular formula is C22H20O5. The molecule has 5 nitrogen and oxygen atoms in total. The Bertz CT molecular complexity index is 988. The molecular weight excluding hydrogens is 344 g/mol. The minimum absolute atomic E-state index is 0.0428. The molecule has 5 heteroatoms. The summed E-state index contributed by atoms with van der Waals surface area (Å²) in [7, 11) is 0. The normalized spacial score (nSPS) is 20.5. The molecule has 0 radical (unpaired) electrons. The summed E-state index contributed by atoms with van der Waals surface area (Å²) in [5.41, 5.74) is 2.42. The highest BCUT2D eigenvalue weighted by atomic mass is 16.5. The van der Waals surface area contributed by atoms with Crippen LogP contribution in [0, 0.1) is 5.92 Å². The van der Waals surface area contributed by atoms with Crippen LogP contribution in [0.25, 0.3) is 0 Å². The van der Waals surface area contributed by atoms with Crippen molar-refractivity contribution in [2.75, 3.05) is 0 Å². The fourth-order valence-corrected chi connectivity index (χ4v) is 4.31. The number of ketones is 2. The Hall–Kier alpha value is -2.95. The van der Waals surface area contributed by atoms with Gasteiger partial charge in [-0.1, -0.05) is 31.5 Å². The number of benzene rings is 2. The molecule has 2 aromatic rings. The predicted octanol–water partition coefficient (Wildman–Crippen LogP) is 3.74. The SMILES string of the molecule is CC[C@H]1Cc2ccc3c(c2[C@@H](OC(C)=O)C1)C(=O)c1cccc(O)c1C3=O. The zero-order valence-corrected chi connectivity index (χ0v) is 15.2. The summed E-state index contributed by atoms with van der Waals surface area (Å²) in [4.78, 5) is 37.9. The summed E-state index contributed by atoms with van der Waals surface area (Å²) in [5.74, 6) is -0.936. The predicted molar refractivity (Wildman–Crippen MR) is 98.0 cm³/mol. The van der Waals surface area contributed by atoms with Gasteiger partial charge < -0.3 is 9.84 Å². The first-order chi connectivity index (χ1) is 12.9. The van der Waals surface area contributed by atoms with Crippen LogP contribution in [0.4, 0.5) is 0 Å². The van der Waals surface area contributed by atoms with Crippen molar-refractivity contribution in [2.45, 2.75) is 39.2 Å². The second kappa shape index (κ2) is 6.34. The average Bonchev–Trinajstić information content (AvgIpc) is 2.64. The van der Waals surface area contributed by atoms with Gasteiger partial charge in [-0.25, -0.2) is 0 Å². The lowest BCUT2D eigenvalue weighted by atomic mass is 9.73. The van der Waals surface area contributed by atoms with E-state index in [1.54, 1.807) is 18.2 Å². The molecule has 0 bridgehead atoms. The number of phenols is 1. The number of hydrogen-bond acceptors (Lipinski definition) is 5. The van der Waals surface area contributed by atoms with Crippen LogP contribution in [-0.2, 0) is 16.0 Å². The van der Waals surface area contributed by atoms with Crippen LogP contribution in [0.15, 0.2) is 30.3 Å². The number of esters is 1. The molecule has 0 amide bonds. The third-order valence-corrected chi connectivity index (χ3v) is 5.59. The first-order valence-electron chi connectivity index (χ1n) is 9.16. The molecule has 138 valence electrons. The van der Waals surface area contributed by atoms with Gasteiger partial charge in [-0.2, -0.15) is 0 Å². The first-order valence-corrected chi connectivity index (χ1v) is 9.16. The van der Waals surface area contributed by atoms with E-state index in [1.807, 2.05) is 6.07 Å². The van der Waals surface area contributed by atoms with E-state index in [0.717, 1.165) is 18.4 Å². The Labute approximate surface area is 157 Å². The number of hydrogen-bond donors (Lipinski definition) is 1. The lowest BCUT2D eigenvalue weighted by Gasteiger charge is -2.34. The Kier molecular flexibility index (Phi) is 4.10. The largest absolute Gasteiger partial charge is 0.507 e. The van der Waals surface area contributed by atoms with Crippen LogP contribution < -0.4 is 0 Å². The Balaban J connectivity index is 1.95. The number of fused-ring (bicyclic) bond motifs is 4. The standard InChI is InChI=1S/C22H20O5/c1-3-12-9-13-7-8-15-20(18(13)17(10-12)27-11(2)23)22(26)14-5-4-6-16(24)19(14)21(15)25/h4-8,12,17,24H,3,9-10H2,1-2H3/t12-,17-/m0/s1. The smallest absolute Gasteiger partial charge is 0.303 e. The highest BCUT2D eigenvalue weighted by molar-refractivity contribution is 6.29. The van der Waals surface area contributed by atoms with E-state index in [-0.39, 0.29) is 34.0 Å². The topological polar surface area (TPSA) is 80.7 Å². The number of ether oxygens (including phenoxy) is 1. The molecule has 0 saturated carbocycles. The van der Waals surface area contributed by atoms with Gasteiger partial charge in [-0.3, -0.25) is 14.4 Å². The summed E-state index contributed by atoms with van der Waals surface area (Å²) in [6.45, 7) is 3.44. The molecule has 27 heavy (non-hydrogen) atoms. The van der Waals surface area contributed by atoms with Crippen LogP contribution >= 0.6 is 0 Å². The molecule has 0 aliphatic heterocycles. The van der Waals surface area contributed by atoms with E-state index < -0.39 is 12.1 Å². The summed E-state index contributed by atoms with van der Waals surface area (Å²) in [5, 5.41) is 10.1. The van der Waals surface area contributed by atoms with E-state index in [9.17, 15) is 19.5 Å². The molecule has 2 atom stereocenters. The minimum atomic E-state index is -0.540. The van der Waals surface area contributed by atoms with Gasteiger partial charge in [0.1, 0.15) is 11.9 Å². The third kappa shape index (κ3) is 2.65. The number of carbonyl (C=O) groups excluding carboxylic acids is 3. The van der Waals surface area contributed by atoms with E-state index in [4.69, 9.17) is 4.74 Å². The van der Waals surface area contributed by atoms with Crippen LogP contribution in [0.3, 0.4) is 0 Å². The Morgan fingerprint density at radius 1 is 1.11 bits per heavy atom. The summed E-state index contributed by atoms with van der Waals surface area (Å²) in [6.07, 6.45) is 1.82. The molecule has 2 aliphatic carbocycles. The number of rotatable bonds is 2. The summed E-state index contributed by atoms with van der Waals surface area (Å²) >= 11 is 0. The van der Waals surface area contributed by atoms with Crippen molar-refractivity contribution < 1.29 is 24.2 Å². The number of aromatic hydroxyl groups is 1. The van der Waals surface area contributed by atoms with E-state index in [0.29, 0.717) is 23.5 Å². The van der Waals surface area contributed by atoms with Gasteiger partial charge in [-0.15, -0.1) is 0 Å². The van der Waals surface area contributed by atoms with E-state index in [2.05, 4.69) is 6.92 Å². The molecule has 2 aliphatic rings. The van der Waals surface area contributed by atoms with Gasteiger partial charge in [0.05, 0.1) is 5.56 Å². The molecule has 0 unspecified atom stereocenters. The maximum atomic E-state index is 13.3. The second-order valence-electron chi connectivity index (χ2n) is 7.23. The van der Waals surface area contributed by atoms with Crippen molar-refractivity contribution in [2.24, 2.45) is 5.92 Å². The van der Waals surface area contributed by atoms with Gasteiger partial charge in [0.2, 0.25) is 0 Å². The third-order valence-electron chi connectivity index (χ3n) is 5.59. The Morgan fingerprint density at radius 2 is 1.81 bits per heavy atom. The second-order valence-corrected chi connectivity index (χ2v) is 7.23. The van der Waals surface area contributed by atoms with Gasteiger partial charge in [0.25, 0.3) is 0 Å². The highest BCUT2D eigenvalue weighted by Gasteiger charge is 2.39. The van der Waals surface area contributed by atoms with Crippen molar-refractivity contribution >= 4 is 17.5 Å². The maximum Gasteiger partial charge on any atom is 0.303 e. The van der Waals surface area contributed by atoms with E-state index >= 15 is 0 Å². The molecule has 4 rings (SSSR count). The van der Waals surface area contributed by atoms with Crippen molar-refractivity contribution in [1.29, 1.82) is 0 Å². The molecule has 1 N–H and O–H groups in total. The lowest BCUT2D eigenvalue weighted by Crippen LogP contribution is -2.29. The number of phenolic OH excluding ortho intramolecular Hbond substituents is 1. The van der Waals surface area contributed by atoms with Gasteiger partial charge in [0.15, 0.2) is 11.6 Å². The monoisotopic (exact) mass is 364 g/mol. The maximum absolute atomic E-state index is 13.3. The van der Waals surface area contributed by atoms with Gasteiger partial charge in [-0.05, 0) is 36.5 Å². The number of carbonyl (C=O) groups is 3. The van der Waals surface area contributed by atoms with Crippen LogP contribution in [0.1, 0.15) is 75.8 Å². The Morgan fingerprint density at radius 3 is 2.52 bits per heavy atom. The molecule has 2 aromatic carbocycles. The zero-order chi connectivity index (χ0) is 19.3. The van der Waals surface area contributed by atoms with Crippen molar-refractivity contribution in [3.8, 4) is 5.75 Å². The van der Waals surface area contributed by atoms with Crippen LogP contribution in [0.5, 0.6) is 5.75 Å². The average molecular weight is 364 g/mol. The van der Waals surface area contributed by atoms with Gasteiger partial charge in [0, 0.05) is 29.2 Å². The molecule has 0 aromatic heterocycles. The highest BCUT2D eigenvalue weighted by Crippen LogP contribution is 2.43. The molecule has 0 fully saturated rings. The van der Waals surface area contributed by atoms with Crippen LogP contribution in [0.2, 0.25) is 0 Å². The van der Waals surface area contributed by atoms with E-state index in [1.165, 1.54) is 13.0 Å². The fraction of sp³-hybridized carbons (Fsp3) is 0.318. The first kappa shape index (κ1) is 17.5. The molecule has 0 saturated heterocycles. The van der Waals surface area contributed by atoms with Crippen LogP contribution in [-0.4, -0.2) is 22.6 Å². The fourth-order valence-electron chi connectivity index (χ4n) is 4.31. The zero-order valence-electron chi connectivity index (χ0n) is 15.2. The molecule has 0 heterocycles. The van der Waals surface area contributed by atoms with Gasteiger partial charge >= 0.3 is 5.97 Å². The summed E-state index contributed by atoms with van der Waals surface area (Å²) < 4.78 is 5.56. The van der Waals surface area contributed by atoms with Crippen molar-refractivity contribution in [3.63, 3.8) is 0 Å². The van der Waals surface area contributed by atoms with Crippen molar-refractivity contribution in [3.05, 3.63) is 63.7 Å². The lowest BCUT2D eigenvalue weighted by molar-refractivity contribution is -0.148. The quantitative estimate of drug-likeness (QED) is 0.701. The molecule has 0 spiro atoms.